The van der Waals surface area contributed by atoms with Crippen molar-refractivity contribution < 1.29 is 9.53 Å². The summed E-state index contributed by atoms with van der Waals surface area (Å²) in [7, 11) is 0. The molecule has 0 N–H and O–H groups in total. The second-order valence-electron chi connectivity index (χ2n) is 4.36. The van der Waals surface area contributed by atoms with Gasteiger partial charge in [-0.05, 0) is 52.3 Å². The van der Waals surface area contributed by atoms with E-state index in [2.05, 4.69) is 20.9 Å². The van der Waals surface area contributed by atoms with E-state index in [0.29, 0.717) is 20.3 Å². The SMILES string of the molecule is O=C(Oc1ccccc1)c1sc(Sc2ccc(Cl)cc2)nc1Br. The third kappa shape index (κ3) is 4.35. The van der Waals surface area contributed by atoms with Crippen molar-refractivity contribution in [2.24, 2.45) is 0 Å². The summed E-state index contributed by atoms with van der Waals surface area (Å²) in [5, 5.41) is 0.682. The standard InChI is InChI=1S/C16H9BrClNO2S2/c17-14-13(15(20)21-11-4-2-1-3-5-11)23-16(19-14)22-12-8-6-10(18)7-9-12/h1-9H. The number of hydrogen-bond acceptors (Lipinski definition) is 5. The van der Waals surface area contributed by atoms with E-state index in [0.717, 1.165) is 9.24 Å². The Bertz CT molecular complexity index is 822. The van der Waals surface area contributed by atoms with Gasteiger partial charge in [0.2, 0.25) is 0 Å². The molecule has 116 valence electrons. The lowest BCUT2D eigenvalue weighted by molar-refractivity contribution is 0.0738. The number of para-hydroxylation sites is 1. The van der Waals surface area contributed by atoms with Crippen LogP contribution >= 0.6 is 50.6 Å². The van der Waals surface area contributed by atoms with Crippen molar-refractivity contribution in [3.8, 4) is 5.75 Å². The van der Waals surface area contributed by atoms with Crippen molar-refractivity contribution in [2.45, 2.75) is 9.24 Å². The van der Waals surface area contributed by atoms with Gasteiger partial charge in [0, 0.05) is 9.92 Å². The molecule has 2 aromatic carbocycles. The maximum absolute atomic E-state index is 12.2. The molecule has 0 aliphatic rings. The summed E-state index contributed by atoms with van der Waals surface area (Å²) in [6, 6.07) is 16.4. The summed E-state index contributed by atoms with van der Waals surface area (Å²) in [5.41, 5.74) is 0. The third-order valence-electron chi connectivity index (χ3n) is 2.72. The van der Waals surface area contributed by atoms with Gasteiger partial charge in [0.15, 0.2) is 4.34 Å². The molecule has 1 aromatic heterocycles. The van der Waals surface area contributed by atoms with Gasteiger partial charge in [-0.25, -0.2) is 9.78 Å². The molecule has 1 heterocycles. The Morgan fingerprint density at radius 2 is 1.83 bits per heavy atom. The number of carbonyl (C=O) groups excluding carboxylic acids is 1. The number of rotatable bonds is 4. The van der Waals surface area contributed by atoms with Crippen LogP contribution in [0.3, 0.4) is 0 Å². The quantitative estimate of drug-likeness (QED) is 0.383. The first-order chi connectivity index (χ1) is 11.1. The van der Waals surface area contributed by atoms with Crippen LogP contribution < -0.4 is 4.74 Å². The van der Waals surface area contributed by atoms with Gasteiger partial charge in [0.1, 0.15) is 15.2 Å². The molecule has 3 aromatic rings. The molecule has 23 heavy (non-hydrogen) atoms. The van der Waals surface area contributed by atoms with E-state index in [9.17, 15) is 4.79 Å². The van der Waals surface area contributed by atoms with Crippen LogP contribution in [-0.4, -0.2) is 11.0 Å². The Kier molecular flexibility index (Phi) is 5.38. The second kappa shape index (κ2) is 7.49. The molecule has 0 spiro atoms. The molecule has 0 saturated heterocycles. The number of nitrogens with zero attached hydrogens (tertiary/aromatic N) is 1. The molecule has 0 saturated carbocycles. The predicted molar refractivity (Wildman–Crippen MR) is 96.8 cm³/mol. The molecule has 0 unspecified atom stereocenters. The lowest BCUT2D eigenvalue weighted by Crippen LogP contribution is -2.06. The number of halogens is 2. The molecule has 0 aliphatic carbocycles. The Morgan fingerprint density at radius 3 is 2.52 bits per heavy atom. The van der Waals surface area contributed by atoms with Gasteiger partial charge in [0.05, 0.1) is 0 Å². The van der Waals surface area contributed by atoms with Gasteiger partial charge in [-0.15, -0.1) is 0 Å². The Hall–Kier alpha value is -1.34. The van der Waals surface area contributed by atoms with Crippen molar-refractivity contribution in [3.05, 3.63) is 69.1 Å². The van der Waals surface area contributed by atoms with E-state index in [1.54, 1.807) is 12.1 Å². The van der Waals surface area contributed by atoms with Gasteiger partial charge < -0.3 is 4.74 Å². The van der Waals surface area contributed by atoms with E-state index < -0.39 is 5.97 Å². The average Bonchev–Trinajstić information content (AvgIpc) is 2.91. The number of carbonyl (C=O) groups is 1. The van der Waals surface area contributed by atoms with Crippen LogP contribution in [-0.2, 0) is 0 Å². The molecule has 0 amide bonds. The van der Waals surface area contributed by atoms with Crippen molar-refractivity contribution in [1.82, 2.24) is 4.98 Å². The molecule has 0 atom stereocenters. The second-order valence-corrected chi connectivity index (χ2v) is 7.87. The maximum atomic E-state index is 12.2. The molecule has 7 heteroatoms. The summed E-state index contributed by atoms with van der Waals surface area (Å²) >= 11 is 11.9. The number of ether oxygens (including phenoxy) is 1. The average molecular weight is 427 g/mol. The van der Waals surface area contributed by atoms with Gasteiger partial charge in [-0.2, -0.15) is 0 Å². The first-order valence-corrected chi connectivity index (χ1v) is 9.29. The molecule has 3 rings (SSSR count). The fourth-order valence-corrected chi connectivity index (χ4v) is 4.52. The van der Waals surface area contributed by atoms with Crippen molar-refractivity contribution in [1.29, 1.82) is 0 Å². The molecule has 0 fully saturated rings. The minimum absolute atomic E-state index is 0.427. The van der Waals surface area contributed by atoms with Crippen LogP contribution in [0.5, 0.6) is 5.75 Å². The minimum atomic E-state index is -0.427. The maximum Gasteiger partial charge on any atom is 0.356 e. The van der Waals surface area contributed by atoms with Crippen LogP contribution in [0, 0.1) is 0 Å². The van der Waals surface area contributed by atoms with Gasteiger partial charge in [0.25, 0.3) is 0 Å². The van der Waals surface area contributed by atoms with E-state index in [-0.39, 0.29) is 0 Å². The molecule has 3 nitrogen and oxygen atoms in total. The molecular weight excluding hydrogens is 418 g/mol. The van der Waals surface area contributed by atoms with Gasteiger partial charge in [-0.1, -0.05) is 52.9 Å². The van der Waals surface area contributed by atoms with Gasteiger partial charge >= 0.3 is 5.97 Å². The number of aromatic nitrogens is 1. The zero-order valence-corrected chi connectivity index (χ0v) is 15.5. The predicted octanol–water partition coefficient (Wildman–Crippen LogP) is 5.93. The lowest BCUT2D eigenvalue weighted by Gasteiger charge is -2.01. The van der Waals surface area contributed by atoms with Crippen LogP contribution in [0.25, 0.3) is 0 Å². The highest BCUT2D eigenvalue weighted by Crippen LogP contribution is 2.35. The topological polar surface area (TPSA) is 39.2 Å². The highest BCUT2D eigenvalue weighted by molar-refractivity contribution is 9.10. The number of thiazole rings is 1. The largest absolute Gasteiger partial charge is 0.422 e. The van der Waals surface area contributed by atoms with Crippen molar-refractivity contribution in [3.63, 3.8) is 0 Å². The summed E-state index contributed by atoms with van der Waals surface area (Å²) in [6.07, 6.45) is 0. The van der Waals surface area contributed by atoms with Crippen LogP contribution in [0.15, 0.2) is 68.4 Å². The zero-order valence-electron chi connectivity index (χ0n) is 11.5. The molecular formula is C16H9BrClNO2S2. The third-order valence-corrected chi connectivity index (χ3v) is 5.92. The smallest absolute Gasteiger partial charge is 0.356 e. The van der Waals surface area contributed by atoms with E-state index in [1.165, 1.54) is 23.1 Å². The highest BCUT2D eigenvalue weighted by atomic mass is 79.9. The summed E-state index contributed by atoms with van der Waals surface area (Å²) in [4.78, 5) is 18.0. The summed E-state index contributed by atoms with van der Waals surface area (Å²) in [6.45, 7) is 0. The normalized spacial score (nSPS) is 10.5. The van der Waals surface area contributed by atoms with Crippen molar-refractivity contribution in [2.75, 3.05) is 0 Å². The molecule has 0 aliphatic heterocycles. The number of esters is 1. The van der Waals surface area contributed by atoms with E-state index in [1.807, 2.05) is 42.5 Å². The monoisotopic (exact) mass is 425 g/mol. The first-order valence-electron chi connectivity index (χ1n) is 6.49. The van der Waals surface area contributed by atoms with Crippen LogP contribution in [0.1, 0.15) is 9.67 Å². The summed E-state index contributed by atoms with van der Waals surface area (Å²) in [5.74, 6) is 0.0771. The Morgan fingerprint density at radius 1 is 1.13 bits per heavy atom. The summed E-state index contributed by atoms with van der Waals surface area (Å²) < 4.78 is 6.57. The van der Waals surface area contributed by atoms with Crippen LogP contribution in [0.4, 0.5) is 0 Å². The lowest BCUT2D eigenvalue weighted by atomic mass is 10.3. The minimum Gasteiger partial charge on any atom is -0.422 e. The highest BCUT2D eigenvalue weighted by Gasteiger charge is 2.19. The molecule has 0 radical (unpaired) electrons. The zero-order chi connectivity index (χ0) is 16.2. The van der Waals surface area contributed by atoms with E-state index in [4.69, 9.17) is 16.3 Å². The number of benzene rings is 2. The fraction of sp³-hybridized carbons (Fsp3) is 0. The van der Waals surface area contributed by atoms with Gasteiger partial charge in [-0.3, -0.25) is 0 Å². The first kappa shape index (κ1) is 16.5. The Labute approximate surface area is 154 Å². The molecule has 0 bridgehead atoms. The van der Waals surface area contributed by atoms with E-state index >= 15 is 0 Å². The number of hydrogen-bond donors (Lipinski definition) is 0. The fourth-order valence-electron chi connectivity index (χ4n) is 1.70. The van der Waals surface area contributed by atoms with Crippen molar-refractivity contribution >= 4 is 56.6 Å². The Balaban J connectivity index is 1.75. The van der Waals surface area contributed by atoms with Crippen LogP contribution in [0.2, 0.25) is 5.02 Å².